The van der Waals surface area contributed by atoms with Gasteiger partial charge in [0.1, 0.15) is 6.10 Å². The van der Waals surface area contributed by atoms with Crippen molar-refractivity contribution in [3.63, 3.8) is 0 Å². The maximum atomic E-state index is 12.1. The van der Waals surface area contributed by atoms with Gasteiger partial charge in [-0.2, -0.15) is 0 Å². The predicted octanol–water partition coefficient (Wildman–Crippen LogP) is 3.31. The Morgan fingerprint density at radius 2 is 2.04 bits per heavy atom. The Balaban J connectivity index is 1.77. The summed E-state index contributed by atoms with van der Waals surface area (Å²) in [6.45, 7) is 2.11. The molecule has 1 aromatic carbocycles. The average Bonchev–Trinajstić information content (AvgIpc) is 2.94. The zero-order valence-electron chi connectivity index (χ0n) is 15.1. The maximum absolute atomic E-state index is 12.1. The molecule has 9 heteroatoms. The van der Waals surface area contributed by atoms with Crippen LogP contribution < -0.4 is 10.6 Å². The van der Waals surface area contributed by atoms with Crippen molar-refractivity contribution in [1.29, 1.82) is 0 Å². The van der Waals surface area contributed by atoms with E-state index in [-0.39, 0.29) is 35.2 Å². The number of nitro groups is 1. The smallest absolute Gasteiger partial charge is 0.309 e. The van der Waals surface area contributed by atoms with E-state index >= 15 is 0 Å². The molecule has 146 valence electrons. The fourth-order valence-corrected chi connectivity index (χ4v) is 3.15. The third kappa shape index (κ3) is 6.59. The quantitative estimate of drug-likeness (QED) is 0.229. The van der Waals surface area contributed by atoms with Gasteiger partial charge in [0.15, 0.2) is 5.11 Å². The minimum absolute atomic E-state index is 0.0190. The lowest BCUT2D eigenvalue weighted by Gasteiger charge is -2.10. The number of hydrogen-bond acceptors (Lipinski definition) is 6. The monoisotopic (exact) mass is 393 g/mol. The molecule has 2 rings (SSSR count). The Labute approximate surface area is 162 Å². The molecule has 0 bridgehead atoms. The fourth-order valence-electron chi connectivity index (χ4n) is 2.92. The minimum atomic E-state index is -0.500. The van der Waals surface area contributed by atoms with Crippen molar-refractivity contribution >= 4 is 40.6 Å². The molecule has 8 nitrogen and oxygen atoms in total. The van der Waals surface area contributed by atoms with E-state index in [1.54, 1.807) is 0 Å². The number of nitrogens with zero attached hydrogens (tertiary/aromatic N) is 1. The van der Waals surface area contributed by atoms with Crippen LogP contribution in [0.15, 0.2) is 24.3 Å². The van der Waals surface area contributed by atoms with Crippen molar-refractivity contribution in [2.75, 3.05) is 5.32 Å². The van der Waals surface area contributed by atoms with Crippen LogP contribution in [0.3, 0.4) is 0 Å². The standard InChI is InChI=1S/C18H23N3O5S/c1-2-3-4-5-15-10-12(17(23)26-15)11-16(22)20-18(27)19-13-6-8-14(9-7-13)21(24)25/h6-9,12,15H,2-5,10-11H2,1H3,(H2,19,20,22,27)/t12-,15+/m1/s1. The molecule has 0 spiro atoms. The molecule has 0 aromatic heterocycles. The summed E-state index contributed by atoms with van der Waals surface area (Å²) < 4.78 is 5.33. The molecule has 0 saturated carbocycles. The third-order valence-corrected chi connectivity index (χ3v) is 4.52. The van der Waals surface area contributed by atoms with Crippen LogP contribution in [0.1, 0.15) is 45.4 Å². The Kier molecular flexibility index (Phi) is 7.66. The molecular weight excluding hydrogens is 370 g/mol. The van der Waals surface area contributed by atoms with E-state index in [0.29, 0.717) is 12.1 Å². The topological polar surface area (TPSA) is 111 Å². The summed E-state index contributed by atoms with van der Waals surface area (Å²) in [6, 6.07) is 5.65. The van der Waals surface area contributed by atoms with Crippen LogP contribution in [0.5, 0.6) is 0 Å². The minimum Gasteiger partial charge on any atom is -0.462 e. The number of non-ortho nitro benzene ring substituents is 1. The van der Waals surface area contributed by atoms with Crippen LogP contribution in [0, 0.1) is 16.0 Å². The molecule has 1 fully saturated rings. The van der Waals surface area contributed by atoms with Crippen LogP contribution in [-0.2, 0) is 14.3 Å². The summed E-state index contributed by atoms with van der Waals surface area (Å²) in [6.07, 6.45) is 4.51. The number of benzene rings is 1. The molecule has 1 aliphatic rings. The van der Waals surface area contributed by atoms with E-state index in [1.165, 1.54) is 24.3 Å². The number of thiocarbonyl (C=S) groups is 1. The first-order valence-electron chi connectivity index (χ1n) is 8.94. The fraction of sp³-hybridized carbons (Fsp3) is 0.500. The Morgan fingerprint density at radius 1 is 1.33 bits per heavy atom. The first-order chi connectivity index (χ1) is 12.9. The molecule has 2 atom stereocenters. The second kappa shape index (κ2) is 9.96. The summed E-state index contributed by atoms with van der Waals surface area (Å²) in [5.41, 5.74) is 0.478. The van der Waals surface area contributed by atoms with Crippen molar-refractivity contribution in [3.8, 4) is 0 Å². The molecule has 1 aromatic rings. The number of carbonyl (C=O) groups excluding carboxylic acids is 2. The van der Waals surface area contributed by atoms with Crippen molar-refractivity contribution in [2.45, 2.75) is 51.6 Å². The van der Waals surface area contributed by atoms with E-state index in [0.717, 1.165) is 25.7 Å². The highest BCUT2D eigenvalue weighted by atomic mass is 32.1. The molecule has 1 saturated heterocycles. The number of nitro benzene ring substituents is 1. The van der Waals surface area contributed by atoms with Gasteiger partial charge in [0.25, 0.3) is 5.69 Å². The largest absolute Gasteiger partial charge is 0.462 e. The summed E-state index contributed by atoms with van der Waals surface area (Å²) in [5.74, 6) is -1.15. The Bertz CT molecular complexity index is 707. The molecule has 0 aliphatic carbocycles. The lowest BCUT2D eigenvalue weighted by atomic mass is 9.98. The number of amides is 1. The van der Waals surface area contributed by atoms with E-state index in [1.807, 2.05) is 0 Å². The van der Waals surface area contributed by atoms with Crippen LogP contribution in [0.25, 0.3) is 0 Å². The van der Waals surface area contributed by atoms with Gasteiger partial charge in [-0.25, -0.2) is 0 Å². The van der Waals surface area contributed by atoms with Crippen LogP contribution in [-0.4, -0.2) is 28.0 Å². The first kappa shape index (κ1) is 20.8. The van der Waals surface area contributed by atoms with E-state index < -0.39 is 10.8 Å². The predicted molar refractivity (Wildman–Crippen MR) is 104 cm³/mol. The van der Waals surface area contributed by atoms with Gasteiger partial charge in [-0.3, -0.25) is 19.7 Å². The zero-order valence-corrected chi connectivity index (χ0v) is 15.9. The molecule has 27 heavy (non-hydrogen) atoms. The van der Waals surface area contributed by atoms with Gasteiger partial charge in [-0.1, -0.05) is 19.8 Å². The highest BCUT2D eigenvalue weighted by Gasteiger charge is 2.35. The van der Waals surface area contributed by atoms with Gasteiger partial charge in [-0.15, -0.1) is 0 Å². The second-order valence-corrected chi connectivity index (χ2v) is 6.91. The van der Waals surface area contributed by atoms with E-state index in [9.17, 15) is 19.7 Å². The summed E-state index contributed by atoms with van der Waals surface area (Å²) >= 11 is 5.07. The average molecular weight is 393 g/mol. The summed E-state index contributed by atoms with van der Waals surface area (Å²) in [5, 5.41) is 16.0. The van der Waals surface area contributed by atoms with Crippen molar-refractivity contribution in [3.05, 3.63) is 34.4 Å². The van der Waals surface area contributed by atoms with E-state index in [4.69, 9.17) is 17.0 Å². The van der Waals surface area contributed by atoms with Crippen LogP contribution >= 0.6 is 12.2 Å². The third-order valence-electron chi connectivity index (χ3n) is 4.31. The zero-order chi connectivity index (χ0) is 19.8. The lowest BCUT2D eigenvalue weighted by molar-refractivity contribution is -0.384. The van der Waals surface area contributed by atoms with Gasteiger partial charge in [-0.05, 0) is 43.6 Å². The Hall–Kier alpha value is -2.55. The summed E-state index contributed by atoms with van der Waals surface area (Å²) in [7, 11) is 0. The van der Waals surface area contributed by atoms with Crippen molar-refractivity contribution in [2.24, 2.45) is 5.92 Å². The molecule has 1 heterocycles. The maximum Gasteiger partial charge on any atom is 0.309 e. The van der Waals surface area contributed by atoms with Gasteiger partial charge in [0, 0.05) is 24.2 Å². The molecular formula is C18H23N3O5S. The van der Waals surface area contributed by atoms with Gasteiger partial charge >= 0.3 is 5.97 Å². The number of hydrogen-bond donors (Lipinski definition) is 2. The number of rotatable bonds is 8. The highest BCUT2D eigenvalue weighted by Crippen LogP contribution is 2.27. The van der Waals surface area contributed by atoms with Gasteiger partial charge < -0.3 is 15.4 Å². The Morgan fingerprint density at radius 3 is 2.67 bits per heavy atom. The lowest BCUT2D eigenvalue weighted by Crippen LogP contribution is -2.35. The first-order valence-corrected chi connectivity index (χ1v) is 9.35. The summed E-state index contributed by atoms with van der Waals surface area (Å²) in [4.78, 5) is 34.2. The van der Waals surface area contributed by atoms with Crippen molar-refractivity contribution in [1.82, 2.24) is 5.32 Å². The second-order valence-electron chi connectivity index (χ2n) is 6.50. The number of carbonyl (C=O) groups is 2. The normalized spacial score (nSPS) is 18.6. The molecule has 0 radical (unpaired) electrons. The number of esters is 1. The number of cyclic esters (lactones) is 1. The van der Waals surface area contributed by atoms with Crippen LogP contribution in [0.4, 0.5) is 11.4 Å². The number of unbranched alkanes of at least 4 members (excludes halogenated alkanes) is 2. The number of nitrogens with one attached hydrogen (secondary N) is 2. The van der Waals surface area contributed by atoms with Gasteiger partial charge in [0.2, 0.25) is 5.91 Å². The molecule has 1 amide bonds. The van der Waals surface area contributed by atoms with Crippen molar-refractivity contribution < 1.29 is 19.2 Å². The number of ether oxygens (including phenoxy) is 1. The molecule has 2 N–H and O–H groups in total. The number of anilines is 1. The van der Waals surface area contributed by atoms with Gasteiger partial charge in [0.05, 0.1) is 10.8 Å². The van der Waals surface area contributed by atoms with Crippen LogP contribution in [0.2, 0.25) is 0 Å². The molecule has 1 aliphatic heterocycles. The highest BCUT2D eigenvalue weighted by molar-refractivity contribution is 7.80. The SMILES string of the molecule is CCCCC[C@H]1C[C@H](CC(=O)NC(=S)Nc2ccc([N+](=O)[O-])cc2)C(=O)O1. The van der Waals surface area contributed by atoms with E-state index in [2.05, 4.69) is 17.6 Å². The molecule has 0 unspecified atom stereocenters.